The lowest BCUT2D eigenvalue weighted by Crippen LogP contribution is -2.23. The zero-order chi connectivity index (χ0) is 13.5. The molecule has 0 aromatic carbocycles. The average Bonchev–Trinajstić information content (AvgIpc) is 3.09. The number of rotatable bonds is 6. The third-order valence-corrected chi connectivity index (χ3v) is 3.26. The minimum absolute atomic E-state index is 0.169. The minimum Gasteiger partial charge on any atom is -0.467 e. The molecule has 0 radical (unpaired) electrons. The van der Waals surface area contributed by atoms with E-state index < -0.39 is 6.10 Å². The summed E-state index contributed by atoms with van der Waals surface area (Å²) in [6, 6.07) is 5.37. The van der Waals surface area contributed by atoms with E-state index in [9.17, 15) is 9.90 Å². The second kappa shape index (κ2) is 6.92. The van der Waals surface area contributed by atoms with Gasteiger partial charge in [0.05, 0.1) is 6.26 Å². The van der Waals surface area contributed by atoms with E-state index in [2.05, 4.69) is 5.32 Å². The van der Waals surface area contributed by atoms with E-state index in [0.717, 1.165) is 5.56 Å². The van der Waals surface area contributed by atoms with E-state index in [-0.39, 0.29) is 5.91 Å². The van der Waals surface area contributed by atoms with Gasteiger partial charge < -0.3 is 14.8 Å². The fourth-order valence-corrected chi connectivity index (χ4v) is 2.18. The molecule has 1 amide bonds. The summed E-state index contributed by atoms with van der Waals surface area (Å²) in [5, 5.41) is 16.4. The Morgan fingerprint density at radius 3 is 3.11 bits per heavy atom. The molecule has 2 aromatic rings. The molecule has 0 bridgehead atoms. The second-order valence-electron chi connectivity index (χ2n) is 4.00. The zero-order valence-corrected chi connectivity index (χ0v) is 11.1. The summed E-state index contributed by atoms with van der Waals surface area (Å²) < 4.78 is 5.07. The van der Waals surface area contributed by atoms with Crippen molar-refractivity contribution in [3.8, 4) is 0 Å². The Labute approximate surface area is 115 Å². The van der Waals surface area contributed by atoms with E-state index >= 15 is 0 Å². The summed E-state index contributed by atoms with van der Waals surface area (Å²) in [5.41, 5.74) is 1.01. The lowest BCUT2D eigenvalue weighted by molar-refractivity contribution is -0.116. The van der Waals surface area contributed by atoms with E-state index in [1.54, 1.807) is 29.5 Å². The van der Waals surface area contributed by atoms with Gasteiger partial charge in [-0.25, -0.2) is 0 Å². The highest BCUT2D eigenvalue weighted by Crippen LogP contribution is 2.15. The second-order valence-corrected chi connectivity index (χ2v) is 4.78. The van der Waals surface area contributed by atoms with Crippen LogP contribution in [0.1, 0.15) is 23.8 Å². The van der Waals surface area contributed by atoms with Crippen molar-refractivity contribution in [1.29, 1.82) is 0 Å². The Balaban J connectivity index is 1.69. The summed E-state index contributed by atoms with van der Waals surface area (Å²) in [6.45, 7) is 0.397. The maximum absolute atomic E-state index is 11.5. The molecule has 1 unspecified atom stereocenters. The predicted molar refractivity (Wildman–Crippen MR) is 74.6 cm³/mol. The Bertz CT molecular complexity index is 517. The van der Waals surface area contributed by atoms with Crippen LogP contribution in [-0.4, -0.2) is 17.6 Å². The van der Waals surface area contributed by atoms with E-state index in [0.29, 0.717) is 18.7 Å². The average molecular weight is 277 g/mol. The molecule has 0 aliphatic carbocycles. The molecule has 19 heavy (non-hydrogen) atoms. The van der Waals surface area contributed by atoms with Crippen LogP contribution >= 0.6 is 11.3 Å². The molecule has 1 atom stereocenters. The molecule has 2 N–H and O–H groups in total. The molecule has 0 fully saturated rings. The van der Waals surface area contributed by atoms with E-state index in [4.69, 9.17) is 4.42 Å². The van der Waals surface area contributed by atoms with Crippen LogP contribution < -0.4 is 5.32 Å². The van der Waals surface area contributed by atoms with E-state index in [1.807, 2.05) is 16.8 Å². The quantitative estimate of drug-likeness (QED) is 0.798. The van der Waals surface area contributed by atoms with Crippen molar-refractivity contribution < 1.29 is 14.3 Å². The highest BCUT2D eigenvalue weighted by atomic mass is 32.1. The summed E-state index contributed by atoms with van der Waals surface area (Å²) in [7, 11) is 0. The number of carbonyl (C=O) groups excluding carboxylic acids is 1. The zero-order valence-electron chi connectivity index (χ0n) is 10.3. The number of nitrogens with one attached hydrogen (secondary N) is 1. The first-order chi connectivity index (χ1) is 9.25. The number of amides is 1. The van der Waals surface area contributed by atoms with Gasteiger partial charge in [-0.3, -0.25) is 4.79 Å². The van der Waals surface area contributed by atoms with Gasteiger partial charge in [-0.2, -0.15) is 11.3 Å². The molecule has 0 saturated heterocycles. The maximum Gasteiger partial charge on any atom is 0.244 e. The molecule has 0 aliphatic heterocycles. The molecular weight excluding hydrogens is 262 g/mol. The number of hydrogen-bond donors (Lipinski definition) is 2. The van der Waals surface area contributed by atoms with Crippen molar-refractivity contribution in [2.75, 3.05) is 6.54 Å². The van der Waals surface area contributed by atoms with Crippen LogP contribution in [0.3, 0.4) is 0 Å². The molecule has 2 heterocycles. The van der Waals surface area contributed by atoms with Crippen molar-refractivity contribution in [2.45, 2.75) is 12.5 Å². The monoisotopic (exact) mass is 277 g/mol. The van der Waals surface area contributed by atoms with Gasteiger partial charge in [0, 0.05) is 12.6 Å². The first kappa shape index (κ1) is 13.6. The van der Waals surface area contributed by atoms with Crippen LogP contribution in [0.5, 0.6) is 0 Å². The SMILES string of the molecule is O=C(/C=C/c1ccsc1)NCCC(O)c1ccco1. The van der Waals surface area contributed by atoms with Crippen LogP contribution in [0, 0.1) is 0 Å². The Hall–Kier alpha value is -1.85. The third kappa shape index (κ3) is 4.39. The number of carbonyl (C=O) groups is 1. The molecule has 100 valence electrons. The van der Waals surface area contributed by atoms with Crippen molar-refractivity contribution in [2.24, 2.45) is 0 Å². The number of aliphatic hydroxyl groups excluding tert-OH is 1. The summed E-state index contributed by atoms with van der Waals surface area (Å²) >= 11 is 1.59. The lowest BCUT2D eigenvalue weighted by Gasteiger charge is -2.07. The standard InChI is InChI=1S/C14H15NO3S/c16-12(13-2-1-8-18-13)5-7-15-14(17)4-3-11-6-9-19-10-11/h1-4,6,8-10,12,16H,5,7H2,(H,15,17)/b4-3+. The third-order valence-electron chi connectivity index (χ3n) is 2.56. The fourth-order valence-electron chi connectivity index (χ4n) is 1.56. The van der Waals surface area contributed by atoms with Gasteiger partial charge in [0.2, 0.25) is 5.91 Å². The molecule has 0 saturated carbocycles. The molecule has 0 aliphatic rings. The topological polar surface area (TPSA) is 62.5 Å². The molecule has 5 heteroatoms. The van der Waals surface area contributed by atoms with Gasteiger partial charge in [0.15, 0.2) is 0 Å². The number of aliphatic hydroxyl groups is 1. The van der Waals surface area contributed by atoms with Crippen LogP contribution in [-0.2, 0) is 4.79 Å². The minimum atomic E-state index is -0.684. The van der Waals surface area contributed by atoms with Gasteiger partial charge in [0.1, 0.15) is 11.9 Å². The fraction of sp³-hybridized carbons (Fsp3) is 0.214. The lowest BCUT2D eigenvalue weighted by atomic mass is 10.2. The van der Waals surface area contributed by atoms with Gasteiger partial charge >= 0.3 is 0 Å². The van der Waals surface area contributed by atoms with Crippen LogP contribution in [0.25, 0.3) is 6.08 Å². The molecule has 4 nitrogen and oxygen atoms in total. The van der Waals surface area contributed by atoms with Crippen molar-refractivity contribution in [3.63, 3.8) is 0 Å². The molecule has 0 spiro atoms. The molecular formula is C14H15NO3S. The summed E-state index contributed by atoms with van der Waals surface area (Å²) in [4.78, 5) is 11.5. The summed E-state index contributed by atoms with van der Waals surface area (Å²) in [5.74, 6) is 0.348. The van der Waals surface area contributed by atoms with Gasteiger partial charge in [-0.05, 0) is 47.0 Å². The van der Waals surface area contributed by atoms with Crippen LogP contribution in [0.2, 0.25) is 0 Å². The van der Waals surface area contributed by atoms with E-state index in [1.165, 1.54) is 12.3 Å². The van der Waals surface area contributed by atoms with Crippen molar-refractivity contribution >= 4 is 23.3 Å². The van der Waals surface area contributed by atoms with Crippen molar-refractivity contribution in [1.82, 2.24) is 5.32 Å². The Kier molecular flexibility index (Phi) is 4.94. The normalized spacial score (nSPS) is 12.7. The number of thiophene rings is 1. The van der Waals surface area contributed by atoms with Crippen molar-refractivity contribution in [3.05, 3.63) is 52.6 Å². The molecule has 2 rings (SSSR count). The smallest absolute Gasteiger partial charge is 0.244 e. The maximum atomic E-state index is 11.5. The number of furan rings is 1. The van der Waals surface area contributed by atoms with Gasteiger partial charge in [0.25, 0.3) is 0 Å². The van der Waals surface area contributed by atoms with Gasteiger partial charge in [-0.15, -0.1) is 0 Å². The highest BCUT2D eigenvalue weighted by Gasteiger charge is 2.09. The van der Waals surface area contributed by atoms with Gasteiger partial charge in [-0.1, -0.05) is 0 Å². The first-order valence-corrected chi connectivity index (χ1v) is 6.89. The largest absolute Gasteiger partial charge is 0.467 e. The predicted octanol–water partition coefficient (Wildman–Crippen LogP) is 2.59. The number of hydrogen-bond acceptors (Lipinski definition) is 4. The van der Waals surface area contributed by atoms with Crippen LogP contribution in [0.4, 0.5) is 0 Å². The first-order valence-electron chi connectivity index (χ1n) is 5.95. The Morgan fingerprint density at radius 2 is 2.42 bits per heavy atom. The Morgan fingerprint density at radius 1 is 1.53 bits per heavy atom. The van der Waals surface area contributed by atoms with Crippen LogP contribution in [0.15, 0.2) is 45.7 Å². The molecule has 2 aromatic heterocycles. The summed E-state index contributed by atoms with van der Waals surface area (Å²) in [6.07, 6.45) is 4.50. The highest BCUT2D eigenvalue weighted by molar-refractivity contribution is 7.08.